The van der Waals surface area contributed by atoms with Crippen molar-refractivity contribution >= 4 is 31.4 Å². The highest BCUT2D eigenvalue weighted by Gasteiger charge is 2.24. The molecule has 0 bridgehead atoms. The average molecular weight is 395 g/mol. The minimum atomic E-state index is -3.48. The summed E-state index contributed by atoms with van der Waals surface area (Å²) < 4.78 is 52.5. The van der Waals surface area contributed by atoms with Gasteiger partial charge in [-0.15, -0.1) is 0 Å². The molecule has 1 heterocycles. The summed E-state index contributed by atoms with van der Waals surface area (Å²) in [6.07, 6.45) is 3.05. The van der Waals surface area contributed by atoms with Gasteiger partial charge in [0.2, 0.25) is 20.0 Å². The Morgan fingerprint density at radius 2 is 1.77 bits per heavy atom. The van der Waals surface area contributed by atoms with Crippen molar-refractivity contribution in [1.29, 1.82) is 0 Å². The third-order valence-electron chi connectivity index (χ3n) is 4.33. The van der Waals surface area contributed by atoms with Crippen LogP contribution in [0.1, 0.15) is 17.5 Å². The summed E-state index contributed by atoms with van der Waals surface area (Å²) in [5.41, 5.74) is 2.90. The lowest BCUT2D eigenvalue weighted by Crippen LogP contribution is -2.34. The van der Waals surface area contributed by atoms with Gasteiger partial charge in [0.25, 0.3) is 0 Å². The van der Waals surface area contributed by atoms with E-state index >= 15 is 0 Å². The number of benzene rings is 2. The molecule has 3 rings (SSSR count). The van der Waals surface area contributed by atoms with E-state index in [-0.39, 0.29) is 5.75 Å². The number of sulfonamides is 2. The first-order valence-electron chi connectivity index (χ1n) is 8.40. The van der Waals surface area contributed by atoms with Crippen LogP contribution < -0.4 is 9.03 Å². The zero-order chi connectivity index (χ0) is 18.8. The fraction of sp³-hybridized carbons (Fsp3) is 0.333. The van der Waals surface area contributed by atoms with Gasteiger partial charge in [0.1, 0.15) is 0 Å². The monoisotopic (exact) mass is 394 g/mol. The van der Waals surface area contributed by atoms with Crippen molar-refractivity contribution in [3.63, 3.8) is 0 Å². The van der Waals surface area contributed by atoms with Gasteiger partial charge in [0.15, 0.2) is 0 Å². The summed E-state index contributed by atoms with van der Waals surface area (Å²) in [4.78, 5) is 0. The Morgan fingerprint density at radius 1 is 1.04 bits per heavy atom. The minimum Gasteiger partial charge on any atom is -0.284 e. The van der Waals surface area contributed by atoms with Crippen molar-refractivity contribution in [2.24, 2.45) is 0 Å². The second-order valence-corrected chi connectivity index (χ2v) is 10.2. The maximum Gasteiger partial charge on any atom is 0.233 e. The summed E-state index contributed by atoms with van der Waals surface area (Å²) in [7, 11) is -6.81. The van der Waals surface area contributed by atoms with Gasteiger partial charge in [0.05, 0.1) is 17.7 Å². The Labute approximate surface area is 155 Å². The molecule has 140 valence electrons. The smallest absolute Gasteiger partial charge is 0.233 e. The number of aryl methyl sites for hydroxylation is 2. The van der Waals surface area contributed by atoms with Crippen molar-refractivity contribution in [1.82, 2.24) is 0 Å². The second kappa shape index (κ2) is 7.28. The third kappa shape index (κ3) is 4.56. The first kappa shape index (κ1) is 18.7. The topological polar surface area (TPSA) is 83.6 Å². The molecule has 1 aliphatic heterocycles. The van der Waals surface area contributed by atoms with Gasteiger partial charge in [-0.2, -0.15) is 0 Å². The molecule has 26 heavy (non-hydrogen) atoms. The molecular formula is C18H22N2O4S2. The average Bonchev–Trinajstić information content (AvgIpc) is 2.59. The molecule has 1 N–H and O–H groups in total. The summed E-state index contributed by atoms with van der Waals surface area (Å²) in [6.45, 7) is 0.452. The van der Waals surface area contributed by atoms with Crippen molar-refractivity contribution in [2.75, 3.05) is 27.6 Å². The van der Waals surface area contributed by atoms with Gasteiger partial charge in [-0.05, 0) is 48.6 Å². The van der Waals surface area contributed by atoms with E-state index in [1.165, 1.54) is 10.6 Å². The molecule has 0 atom stereocenters. The SMILES string of the molecule is CS(=O)(=O)N1CCCc2cc(NS(=O)(=O)CCc3ccccc3)ccc21. The Morgan fingerprint density at radius 3 is 2.46 bits per heavy atom. The number of fused-ring (bicyclic) bond motifs is 1. The van der Waals surface area contributed by atoms with E-state index < -0.39 is 20.0 Å². The van der Waals surface area contributed by atoms with Crippen LogP contribution >= 0.6 is 0 Å². The fourth-order valence-electron chi connectivity index (χ4n) is 3.10. The van der Waals surface area contributed by atoms with Gasteiger partial charge in [0, 0.05) is 12.2 Å². The highest BCUT2D eigenvalue weighted by molar-refractivity contribution is 7.92. The van der Waals surface area contributed by atoms with Gasteiger partial charge < -0.3 is 0 Å². The molecule has 2 aromatic rings. The van der Waals surface area contributed by atoms with Crippen LogP contribution in [0.4, 0.5) is 11.4 Å². The molecular weight excluding hydrogens is 372 g/mol. The Hall–Kier alpha value is -2.06. The number of rotatable bonds is 6. The Kier molecular flexibility index (Phi) is 5.24. The molecule has 0 saturated carbocycles. The van der Waals surface area contributed by atoms with Crippen LogP contribution in [-0.2, 0) is 32.9 Å². The first-order valence-corrected chi connectivity index (χ1v) is 11.9. The van der Waals surface area contributed by atoms with E-state index in [0.29, 0.717) is 30.8 Å². The molecule has 0 saturated heterocycles. The lowest BCUT2D eigenvalue weighted by atomic mass is 10.0. The van der Waals surface area contributed by atoms with Crippen LogP contribution in [0.2, 0.25) is 0 Å². The zero-order valence-electron chi connectivity index (χ0n) is 14.6. The maximum absolute atomic E-state index is 12.3. The highest BCUT2D eigenvalue weighted by atomic mass is 32.2. The third-order valence-corrected chi connectivity index (χ3v) is 6.80. The lowest BCUT2D eigenvalue weighted by Gasteiger charge is -2.29. The molecule has 8 heteroatoms. The summed E-state index contributed by atoms with van der Waals surface area (Å²) in [5.74, 6) is -0.0104. The molecule has 0 spiro atoms. The number of nitrogens with zero attached hydrogens (tertiary/aromatic N) is 1. The van der Waals surface area contributed by atoms with Gasteiger partial charge in [-0.25, -0.2) is 16.8 Å². The maximum atomic E-state index is 12.3. The summed E-state index contributed by atoms with van der Waals surface area (Å²) >= 11 is 0. The van der Waals surface area contributed by atoms with Crippen LogP contribution in [-0.4, -0.2) is 35.4 Å². The first-order chi connectivity index (χ1) is 12.2. The molecule has 1 aliphatic rings. The van der Waals surface area contributed by atoms with Crippen LogP contribution in [0.3, 0.4) is 0 Å². The number of anilines is 2. The highest BCUT2D eigenvalue weighted by Crippen LogP contribution is 2.31. The molecule has 0 aromatic heterocycles. The normalized spacial score (nSPS) is 14.7. The van der Waals surface area contributed by atoms with E-state index in [2.05, 4.69) is 4.72 Å². The van der Waals surface area contributed by atoms with Crippen LogP contribution in [0.25, 0.3) is 0 Å². The van der Waals surface area contributed by atoms with Crippen molar-refractivity contribution in [3.8, 4) is 0 Å². The van der Waals surface area contributed by atoms with Crippen molar-refractivity contribution in [3.05, 3.63) is 59.7 Å². The molecule has 6 nitrogen and oxygen atoms in total. The van der Waals surface area contributed by atoms with Crippen LogP contribution in [0, 0.1) is 0 Å². The van der Waals surface area contributed by atoms with E-state index in [0.717, 1.165) is 17.5 Å². The quantitative estimate of drug-likeness (QED) is 0.815. The molecule has 2 aromatic carbocycles. The largest absolute Gasteiger partial charge is 0.284 e. The minimum absolute atomic E-state index is 0.0104. The Balaban J connectivity index is 1.74. The van der Waals surface area contributed by atoms with Gasteiger partial charge >= 0.3 is 0 Å². The van der Waals surface area contributed by atoms with Crippen molar-refractivity contribution in [2.45, 2.75) is 19.3 Å². The Bertz CT molecular complexity index is 987. The van der Waals surface area contributed by atoms with E-state index in [4.69, 9.17) is 0 Å². The molecule has 0 aliphatic carbocycles. The molecule has 0 fully saturated rings. The molecule has 0 radical (unpaired) electrons. The molecule has 0 unspecified atom stereocenters. The summed E-state index contributed by atoms with van der Waals surface area (Å²) in [5, 5.41) is 0. The number of nitrogens with one attached hydrogen (secondary N) is 1. The lowest BCUT2D eigenvalue weighted by molar-refractivity contribution is 0.592. The predicted molar refractivity (Wildman–Crippen MR) is 105 cm³/mol. The molecule has 0 amide bonds. The van der Waals surface area contributed by atoms with E-state index in [9.17, 15) is 16.8 Å². The number of hydrogen-bond acceptors (Lipinski definition) is 4. The van der Waals surface area contributed by atoms with E-state index in [1.807, 2.05) is 30.3 Å². The van der Waals surface area contributed by atoms with Crippen LogP contribution in [0.5, 0.6) is 0 Å². The zero-order valence-corrected chi connectivity index (χ0v) is 16.2. The standard InChI is InChI=1S/C18H22N2O4S2/c1-25(21,22)20-12-5-8-16-14-17(9-10-18(16)20)19-26(23,24)13-11-15-6-3-2-4-7-15/h2-4,6-7,9-10,14,19H,5,8,11-13H2,1H3. The van der Waals surface area contributed by atoms with Gasteiger partial charge in [-0.3, -0.25) is 9.03 Å². The van der Waals surface area contributed by atoms with E-state index in [1.54, 1.807) is 18.2 Å². The predicted octanol–water partition coefficient (Wildman–Crippen LogP) is 2.38. The van der Waals surface area contributed by atoms with Gasteiger partial charge in [-0.1, -0.05) is 30.3 Å². The second-order valence-electron chi connectivity index (χ2n) is 6.44. The number of hydrogen-bond donors (Lipinski definition) is 1. The fourth-order valence-corrected chi connectivity index (χ4v) is 5.19. The van der Waals surface area contributed by atoms with Crippen molar-refractivity contribution < 1.29 is 16.8 Å². The van der Waals surface area contributed by atoms with Crippen LogP contribution in [0.15, 0.2) is 48.5 Å². The summed E-state index contributed by atoms with van der Waals surface area (Å²) in [6, 6.07) is 14.5.